The highest BCUT2D eigenvalue weighted by molar-refractivity contribution is 5.72. The van der Waals surface area contributed by atoms with Crippen molar-refractivity contribution in [1.29, 1.82) is 0 Å². The number of hydrogen-bond donors (Lipinski definition) is 4. The van der Waals surface area contributed by atoms with Crippen molar-refractivity contribution in [1.82, 2.24) is 9.97 Å². The van der Waals surface area contributed by atoms with E-state index in [4.69, 9.17) is 17.3 Å². The highest BCUT2D eigenvalue weighted by Gasteiger charge is 2.01. The van der Waals surface area contributed by atoms with E-state index >= 15 is 0 Å². The van der Waals surface area contributed by atoms with Gasteiger partial charge in [0.05, 0.1) is 0 Å². The highest BCUT2D eigenvalue weighted by atomic mass is 15.2. The fraction of sp³-hybridized carbons (Fsp3) is 0. The first-order valence-corrected chi connectivity index (χ1v) is 2.58. The molecule has 1 aromatic rings. The normalized spacial score (nSPS) is 9.30. The number of hydrogen-bond acceptors (Lipinski definition) is 6. The standard InChI is InChI=1S/C4H8N6/c5-3-2(10-7)4(6)9-1-8-3/h1,10H,7H2,(H4,5,6,8,9). The second kappa shape index (κ2) is 2.36. The quantitative estimate of drug-likeness (QED) is 0.291. The van der Waals surface area contributed by atoms with Gasteiger partial charge in [-0.3, -0.25) is 5.84 Å². The van der Waals surface area contributed by atoms with E-state index in [2.05, 4.69) is 15.4 Å². The fourth-order valence-corrected chi connectivity index (χ4v) is 0.561. The number of rotatable bonds is 1. The van der Waals surface area contributed by atoms with Crippen molar-refractivity contribution in [2.45, 2.75) is 0 Å². The molecule has 1 rings (SSSR count). The molecule has 1 heterocycles. The van der Waals surface area contributed by atoms with Gasteiger partial charge in [0.25, 0.3) is 0 Å². The van der Waals surface area contributed by atoms with Crippen LogP contribution in [0.25, 0.3) is 0 Å². The molecule has 1 aromatic heterocycles. The molecule has 0 saturated carbocycles. The first-order chi connectivity index (χ1) is 4.75. The molecule has 0 bridgehead atoms. The molecule has 0 aliphatic rings. The van der Waals surface area contributed by atoms with Crippen molar-refractivity contribution in [2.75, 3.05) is 16.9 Å². The molecule has 10 heavy (non-hydrogen) atoms. The van der Waals surface area contributed by atoms with Crippen molar-refractivity contribution in [3.05, 3.63) is 6.33 Å². The number of nitrogens with zero attached hydrogens (tertiary/aromatic N) is 2. The lowest BCUT2D eigenvalue weighted by molar-refractivity contribution is 1.17. The van der Waals surface area contributed by atoms with E-state index < -0.39 is 0 Å². The van der Waals surface area contributed by atoms with Crippen LogP contribution in [0.15, 0.2) is 6.33 Å². The predicted octanol–water partition coefficient (Wildman–Crippen LogP) is -1.07. The summed E-state index contributed by atoms with van der Waals surface area (Å²) in [5.74, 6) is 5.55. The van der Waals surface area contributed by atoms with Crippen LogP contribution in [0.5, 0.6) is 0 Å². The van der Waals surface area contributed by atoms with Crippen molar-refractivity contribution >= 4 is 17.3 Å². The number of nitrogens with one attached hydrogen (secondary N) is 1. The summed E-state index contributed by atoms with van der Waals surface area (Å²) in [6.45, 7) is 0. The minimum atomic E-state index is 0.245. The maximum Gasteiger partial charge on any atom is 0.153 e. The van der Waals surface area contributed by atoms with Crippen LogP contribution < -0.4 is 22.7 Å². The zero-order valence-corrected chi connectivity index (χ0v) is 5.20. The molecule has 0 fully saturated rings. The van der Waals surface area contributed by atoms with Gasteiger partial charge in [-0.2, -0.15) is 0 Å². The van der Waals surface area contributed by atoms with E-state index in [1.54, 1.807) is 0 Å². The Morgan fingerprint density at radius 2 is 1.70 bits per heavy atom. The molecule has 0 saturated heterocycles. The lowest BCUT2D eigenvalue weighted by Gasteiger charge is -2.03. The van der Waals surface area contributed by atoms with Gasteiger partial charge in [0.1, 0.15) is 12.0 Å². The third-order valence-electron chi connectivity index (χ3n) is 1.05. The van der Waals surface area contributed by atoms with E-state index in [9.17, 15) is 0 Å². The van der Waals surface area contributed by atoms with Gasteiger partial charge in [0.2, 0.25) is 0 Å². The van der Waals surface area contributed by atoms with E-state index in [0.717, 1.165) is 0 Å². The monoisotopic (exact) mass is 140 g/mol. The Morgan fingerprint density at radius 3 is 2.00 bits per heavy atom. The lowest BCUT2D eigenvalue weighted by Crippen LogP contribution is -2.13. The third kappa shape index (κ3) is 0.914. The number of nitrogens with two attached hydrogens (primary N) is 3. The van der Waals surface area contributed by atoms with Crippen molar-refractivity contribution in [2.24, 2.45) is 5.84 Å². The molecule has 0 aliphatic carbocycles. The van der Waals surface area contributed by atoms with Gasteiger partial charge >= 0.3 is 0 Å². The second-order valence-electron chi connectivity index (χ2n) is 1.66. The van der Waals surface area contributed by atoms with Gasteiger partial charge in [-0.15, -0.1) is 0 Å². The predicted molar refractivity (Wildman–Crippen MR) is 38.7 cm³/mol. The summed E-state index contributed by atoms with van der Waals surface area (Å²) in [5.41, 5.74) is 13.4. The van der Waals surface area contributed by atoms with Crippen LogP contribution in [0.1, 0.15) is 0 Å². The van der Waals surface area contributed by atoms with Gasteiger partial charge in [-0.25, -0.2) is 9.97 Å². The SMILES string of the molecule is NNc1c(N)ncnc1N. The van der Waals surface area contributed by atoms with Gasteiger partial charge < -0.3 is 16.9 Å². The highest BCUT2D eigenvalue weighted by Crippen LogP contribution is 2.18. The molecular formula is C4H8N6. The van der Waals surface area contributed by atoms with Crippen LogP contribution in [0.4, 0.5) is 17.3 Å². The summed E-state index contributed by atoms with van der Waals surface area (Å²) < 4.78 is 0. The molecule has 6 nitrogen and oxygen atoms in total. The smallest absolute Gasteiger partial charge is 0.153 e. The van der Waals surface area contributed by atoms with E-state index in [1.807, 2.05) is 0 Å². The summed E-state index contributed by atoms with van der Waals surface area (Å²) >= 11 is 0. The van der Waals surface area contributed by atoms with Crippen molar-refractivity contribution in [3.8, 4) is 0 Å². The van der Waals surface area contributed by atoms with Gasteiger partial charge in [0.15, 0.2) is 11.6 Å². The van der Waals surface area contributed by atoms with Gasteiger partial charge in [-0.05, 0) is 0 Å². The second-order valence-corrected chi connectivity index (χ2v) is 1.66. The first-order valence-electron chi connectivity index (χ1n) is 2.58. The summed E-state index contributed by atoms with van der Waals surface area (Å²) in [4.78, 5) is 7.31. The average Bonchev–Trinajstić information content (AvgIpc) is 1.88. The first kappa shape index (κ1) is 6.56. The summed E-state index contributed by atoms with van der Waals surface area (Å²) in [6.07, 6.45) is 1.27. The molecular weight excluding hydrogens is 132 g/mol. The van der Waals surface area contributed by atoms with E-state index in [0.29, 0.717) is 5.69 Å². The van der Waals surface area contributed by atoms with Gasteiger partial charge in [0, 0.05) is 0 Å². The van der Waals surface area contributed by atoms with Crippen molar-refractivity contribution in [3.63, 3.8) is 0 Å². The van der Waals surface area contributed by atoms with Crippen molar-refractivity contribution < 1.29 is 0 Å². The molecule has 0 atom stereocenters. The summed E-state index contributed by atoms with van der Waals surface area (Å²) in [7, 11) is 0. The Hall–Kier alpha value is -1.56. The van der Waals surface area contributed by atoms with Crippen LogP contribution in [-0.2, 0) is 0 Å². The lowest BCUT2D eigenvalue weighted by atomic mass is 10.4. The van der Waals surface area contributed by atoms with Crippen LogP contribution >= 0.6 is 0 Å². The number of aromatic nitrogens is 2. The minimum Gasteiger partial charge on any atom is -0.382 e. The summed E-state index contributed by atoms with van der Waals surface area (Å²) in [5, 5.41) is 0. The minimum absolute atomic E-state index is 0.245. The Labute approximate surface area is 57.4 Å². The Morgan fingerprint density at radius 1 is 1.20 bits per heavy atom. The van der Waals surface area contributed by atoms with Crippen LogP contribution in [-0.4, -0.2) is 9.97 Å². The maximum atomic E-state index is 5.36. The van der Waals surface area contributed by atoms with Crippen LogP contribution in [0.2, 0.25) is 0 Å². The molecule has 0 unspecified atom stereocenters. The zero-order valence-electron chi connectivity index (χ0n) is 5.20. The number of anilines is 3. The van der Waals surface area contributed by atoms with Crippen LogP contribution in [0.3, 0.4) is 0 Å². The molecule has 0 aromatic carbocycles. The molecule has 0 amide bonds. The molecule has 0 radical (unpaired) electrons. The fourth-order valence-electron chi connectivity index (χ4n) is 0.561. The Bertz CT molecular complexity index is 213. The molecule has 0 spiro atoms. The molecule has 6 heteroatoms. The van der Waals surface area contributed by atoms with E-state index in [1.165, 1.54) is 6.33 Å². The summed E-state index contributed by atoms with van der Waals surface area (Å²) in [6, 6.07) is 0. The largest absolute Gasteiger partial charge is 0.382 e. The maximum absolute atomic E-state index is 5.36. The Kier molecular flexibility index (Phi) is 1.55. The van der Waals surface area contributed by atoms with E-state index in [-0.39, 0.29) is 11.6 Å². The van der Waals surface area contributed by atoms with Crippen LogP contribution in [0, 0.1) is 0 Å². The topological polar surface area (TPSA) is 116 Å². The number of hydrazine groups is 1. The molecule has 0 aliphatic heterocycles. The number of nitrogen functional groups attached to an aromatic ring is 3. The zero-order chi connectivity index (χ0) is 7.56. The van der Waals surface area contributed by atoms with Gasteiger partial charge in [-0.1, -0.05) is 0 Å². The molecule has 7 N–H and O–H groups in total. The molecule has 54 valence electrons. The Balaban J connectivity index is 3.17. The third-order valence-corrected chi connectivity index (χ3v) is 1.05. The average molecular weight is 140 g/mol.